The summed E-state index contributed by atoms with van der Waals surface area (Å²) in [7, 11) is 3.09. The molecule has 0 spiro atoms. The number of nitrogens with one attached hydrogen (secondary N) is 1. The molecule has 1 saturated carbocycles. The van der Waals surface area contributed by atoms with E-state index in [0.29, 0.717) is 39.6 Å². The highest BCUT2D eigenvalue weighted by atomic mass is 19.2. The Morgan fingerprint density at radius 2 is 1.38 bits per heavy atom. The summed E-state index contributed by atoms with van der Waals surface area (Å²) in [6.45, 7) is 10.5. The number of carbonyl (C=O) groups excluding carboxylic acids is 4. The molecule has 2 heterocycles. The van der Waals surface area contributed by atoms with Crippen molar-refractivity contribution < 1.29 is 56.4 Å². The summed E-state index contributed by atoms with van der Waals surface area (Å²) in [6, 6.07) is 10.7. The third-order valence-corrected chi connectivity index (χ3v) is 11.3. The van der Waals surface area contributed by atoms with Gasteiger partial charge in [-0.25, -0.2) is 9.18 Å². The lowest BCUT2D eigenvalue weighted by molar-refractivity contribution is -0.140. The van der Waals surface area contributed by atoms with E-state index in [2.05, 4.69) is 5.32 Å². The largest absolute Gasteiger partial charge is 0.487 e. The molecule has 2 aliphatic rings. The molecule has 2 fully saturated rings. The molecule has 3 aromatic rings. The molecule has 0 unspecified atom stereocenters. The molecule has 0 radical (unpaired) electrons. The third-order valence-electron chi connectivity index (χ3n) is 11.3. The maximum atomic E-state index is 15.2. The fraction of sp³-hybridized carbons (Fsp3) is 0.609. The van der Waals surface area contributed by atoms with E-state index in [-0.39, 0.29) is 86.1 Å². The van der Waals surface area contributed by atoms with Crippen LogP contribution in [0.4, 0.5) is 13.6 Å². The van der Waals surface area contributed by atoms with Gasteiger partial charge in [-0.2, -0.15) is 4.39 Å². The zero-order valence-electron chi connectivity index (χ0n) is 37.6. The Labute approximate surface area is 369 Å². The van der Waals surface area contributed by atoms with Crippen molar-refractivity contribution in [3.8, 4) is 5.75 Å². The van der Waals surface area contributed by atoms with Crippen LogP contribution in [0, 0.1) is 17.6 Å². The Balaban J connectivity index is 1.08. The average Bonchev–Trinajstić information content (AvgIpc) is 3.60. The fourth-order valence-electron chi connectivity index (χ4n) is 7.64. The number of rotatable bonds is 21. The lowest BCUT2D eigenvalue weighted by Crippen LogP contribution is -2.59. The van der Waals surface area contributed by atoms with E-state index >= 15 is 4.39 Å². The van der Waals surface area contributed by atoms with Crippen LogP contribution >= 0.6 is 0 Å². The maximum absolute atomic E-state index is 15.2. The number of aromatic nitrogens is 1. The van der Waals surface area contributed by atoms with Crippen LogP contribution in [0.1, 0.15) is 75.9 Å². The third kappa shape index (κ3) is 14.1. The molecule has 4 amide bonds. The SMILES string of the molecule is C[C@@H](C(=O)N[C@H](C(=O)N1CCN(C(=O)c2cc3c(OCCOCCOCCOCCOCc4ccccc4)c(F)c(F)cc3n2C)CC1)C1CCCCC1)N(C)C(=O)OC(C)(C)C. The van der Waals surface area contributed by atoms with E-state index < -0.39 is 41.3 Å². The number of nitrogens with zero attached hydrogens (tertiary/aromatic N) is 4. The molecule has 2 atom stereocenters. The van der Waals surface area contributed by atoms with Crippen molar-refractivity contribution >= 4 is 34.7 Å². The minimum atomic E-state index is -1.17. The molecule has 2 aromatic carbocycles. The molecular weight excluding hydrogens is 821 g/mol. The van der Waals surface area contributed by atoms with Crippen molar-refractivity contribution in [3.63, 3.8) is 0 Å². The number of hydrogen-bond donors (Lipinski definition) is 1. The van der Waals surface area contributed by atoms with Crippen LogP contribution in [-0.2, 0) is 46.9 Å². The number of ether oxygens (including phenoxy) is 6. The van der Waals surface area contributed by atoms with Gasteiger partial charge in [-0.05, 0) is 58.1 Å². The van der Waals surface area contributed by atoms with Gasteiger partial charge in [-0.1, -0.05) is 49.6 Å². The number of benzene rings is 2. The van der Waals surface area contributed by atoms with Crippen LogP contribution in [0.2, 0.25) is 0 Å². The number of amides is 4. The van der Waals surface area contributed by atoms with Gasteiger partial charge >= 0.3 is 6.09 Å². The molecular formula is C46H65F2N5O10. The Morgan fingerprint density at radius 3 is 1.98 bits per heavy atom. The van der Waals surface area contributed by atoms with Crippen LogP contribution in [-0.4, -0.2) is 147 Å². The van der Waals surface area contributed by atoms with E-state index in [9.17, 15) is 23.6 Å². The first-order chi connectivity index (χ1) is 30.2. The van der Waals surface area contributed by atoms with Crippen LogP contribution in [0.5, 0.6) is 5.75 Å². The van der Waals surface area contributed by atoms with Gasteiger partial charge in [0, 0.05) is 51.7 Å². The van der Waals surface area contributed by atoms with Gasteiger partial charge < -0.3 is 48.1 Å². The van der Waals surface area contributed by atoms with Crippen molar-refractivity contribution in [1.82, 2.24) is 24.6 Å². The fourth-order valence-corrected chi connectivity index (χ4v) is 7.64. The van der Waals surface area contributed by atoms with Crippen molar-refractivity contribution in [3.05, 3.63) is 65.4 Å². The first-order valence-corrected chi connectivity index (χ1v) is 22.0. The molecule has 17 heteroatoms. The zero-order chi connectivity index (χ0) is 45.5. The van der Waals surface area contributed by atoms with Crippen LogP contribution < -0.4 is 10.1 Å². The van der Waals surface area contributed by atoms with Crippen molar-refractivity contribution in [1.29, 1.82) is 0 Å². The molecule has 5 rings (SSSR count). The molecule has 348 valence electrons. The van der Waals surface area contributed by atoms with Crippen molar-refractivity contribution in [2.45, 2.75) is 84.1 Å². The van der Waals surface area contributed by atoms with Crippen LogP contribution in [0.3, 0.4) is 0 Å². The van der Waals surface area contributed by atoms with Crippen molar-refractivity contribution in [2.75, 3.05) is 86.1 Å². The van der Waals surface area contributed by atoms with Gasteiger partial charge in [0.05, 0.1) is 58.4 Å². The second-order valence-electron chi connectivity index (χ2n) is 17.0. The molecule has 1 aromatic heterocycles. The summed E-state index contributed by atoms with van der Waals surface area (Å²) in [5.41, 5.74) is 0.840. The number of fused-ring (bicyclic) bond motifs is 1. The summed E-state index contributed by atoms with van der Waals surface area (Å²) in [5, 5.41) is 3.20. The number of aryl methyl sites for hydroxylation is 1. The highest BCUT2D eigenvalue weighted by Crippen LogP contribution is 2.34. The smallest absolute Gasteiger partial charge is 0.410 e. The minimum absolute atomic E-state index is 0.0691. The van der Waals surface area contributed by atoms with E-state index in [1.165, 1.54) is 22.6 Å². The lowest BCUT2D eigenvalue weighted by atomic mass is 9.83. The van der Waals surface area contributed by atoms with Gasteiger partial charge in [0.25, 0.3) is 5.91 Å². The van der Waals surface area contributed by atoms with E-state index in [4.69, 9.17) is 28.4 Å². The first kappa shape index (κ1) is 49.2. The zero-order valence-corrected chi connectivity index (χ0v) is 37.6. The second kappa shape index (κ2) is 23.7. The second-order valence-corrected chi connectivity index (χ2v) is 17.0. The summed E-state index contributed by atoms with van der Waals surface area (Å²) >= 11 is 0. The summed E-state index contributed by atoms with van der Waals surface area (Å²) in [6.07, 6.45) is 3.87. The maximum Gasteiger partial charge on any atom is 0.410 e. The molecule has 63 heavy (non-hydrogen) atoms. The van der Waals surface area contributed by atoms with Crippen LogP contribution in [0.25, 0.3) is 10.9 Å². The molecule has 15 nitrogen and oxygen atoms in total. The Hall–Kier alpha value is -4.84. The predicted molar refractivity (Wildman–Crippen MR) is 231 cm³/mol. The van der Waals surface area contributed by atoms with Crippen LogP contribution in [0.15, 0.2) is 42.5 Å². The van der Waals surface area contributed by atoms with Gasteiger partial charge in [0.1, 0.15) is 30.0 Å². The Morgan fingerprint density at radius 1 is 0.810 bits per heavy atom. The van der Waals surface area contributed by atoms with E-state index in [1.807, 2.05) is 30.3 Å². The van der Waals surface area contributed by atoms with Gasteiger partial charge in [0.15, 0.2) is 11.6 Å². The highest BCUT2D eigenvalue weighted by Gasteiger charge is 2.38. The molecule has 1 aliphatic heterocycles. The predicted octanol–water partition coefficient (Wildman–Crippen LogP) is 5.71. The topological polar surface area (TPSA) is 150 Å². The van der Waals surface area contributed by atoms with Gasteiger partial charge in [0.2, 0.25) is 17.6 Å². The summed E-state index contributed by atoms with van der Waals surface area (Å²) < 4.78 is 64.8. The van der Waals surface area contributed by atoms with Gasteiger partial charge in [-0.15, -0.1) is 0 Å². The molecule has 1 aliphatic carbocycles. The lowest BCUT2D eigenvalue weighted by Gasteiger charge is -2.39. The minimum Gasteiger partial charge on any atom is -0.487 e. The highest BCUT2D eigenvalue weighted by molar-refractivity contribution is 6.00. The Bertz CT molecular complexity index is 1960. The number of piperazine rings is 1. The Kier molecular flexibility index (Phi) is 18.5. The summed E-state index contributed by atoms with van der Waals surface area (Å²) in [5.74, 6) is -3.73. The van der Waals surface area contributed by atoms with Gasteiger partial charge in [-0.3, -0.25) is 19.3 Å². The van der Waals surface area contributed by atoms with E-state index in [0.717, 1.165) is 43.7 Å². The number of likely N-dealkylation sites (N-methyl/N-ethyl adjacent to an activating group) is 1. The average molecular weight is 886 g/mol. The molecule has 0 bridgehead atoms. The summed E-state index contributed by atoms with van der Waals surface area (Å²) in [4.78, 5) is 58.7. The molecule has 1 saturated heterocycles. The number of hydrogen-bond acceptors (Lipinski definition) is 10. The first-order valence-electron chi connectivity index (χ1n) is 22.0. The number of carbonyl (C=O) groups is 4. The normalized spacial score (nSPS) is 15.9. The molecule has 1 N–H and O–H groups in total. The van der Waals surface area contributed by atoms with E-state index in [1.54, 1.807) is 44.5 Å². The monoisotopic (exact) mass is 885 g/mol. The van der Waals surface area contributed by atoms with Crippen molar-refractivity contribution in [2.24, 2.45) is 13.0 Å². The number of halogens is 2. The standard InChI is InChI=1S/C46H65F2N5O10/c1-32(50(5)45(57)63-46(2,3)4)42(54)49-40(34-15-11-8-12-16-34)44(56)53-19-17-52(18-20-53)43(55)38-29-35-37(51(38)6)30-36(47)39(48)41(35)62-28-27-60-24-23-58-21-22-59-25-26-61-31-33-13-9-7-10-14-33/h7,9-10,13-14,29-30,32,34,40H,8,11-12,15-28,31H2,1-6H3,(H,49,54)/t32-,40-/m0/s1. The quantitative estimate of drug-likeness (QED) is 0.132.